The smallest absolute Gasteiger partial charge is 0.315 e. The monoisotopic (exact) mass is 289 g/mol. The molecular formula is C12H23N3O3S. The fraction of sp³-hybridized carbons (Fsp3) is 0.917. The summed E-state index contributed by atoms with van der Waals surface area (Å²) in [7, 11) is -3.02. The first kappa shape index (κ1) is 14.6. The summed E-state index contributed by atoms with van der Waals surface area (Å²) >= 11 is 0. The summed E-state index contributed by atoms with van der Waals surface area (Å²) < 4.78 is 24.2. The summed E-state index contributed by atoms with van der Waals surface area (Å²) in [6.07, 6.45) is 1.54. The summed E-state index contributed by atoms with van der Waals surface area (Å²) in [5.41, 5.74) is -0.328. The number of urea groups is 1. The van der Waals surface area contributed by atoms with Gasteiger partial charge >= 0.3 is 6.03 Å². The lowest BCUT2D eigenvalue weighted by atomic mass is 9.81. The predicted molar refractivity (Wildman–Crippen MR) is 73.8 cm³/mol. The van der Waals surface area contributed by atoms with E-state index in [9.17, 15) is 13.2 Å². The number of sulfone groups is 1. The van der Waals surface area contributed by atoms with Crippen molar-refractivity contribution in [1.82, 2.24) is 16.0 Å². The molecule has 2 heterocycles. The highest BCUT2D eigenvalue weighted by Gasteiger charge is 2.51. The Balaban J connectivity index is 2.03. The Kier molecular flexibility index (Phi) is 4.06. The normalized spacial score (nSPS) is 32.9. The summed E-state index contributed by atoms with van der Waals surface area (Å²) in [4.78, 5) is 11.7. The molecule has 0 spiro atoms. The van der Waals surface area contributed by atoms with Crippen molar-refractivity contribution in [2.24, 2.45) is 5.41 Å². The van der Waals surface area contributed by atoms with Crippen molar-refractivity contribution >= 4 is 15.9 Å². The van der Waals surface area contributed by atoms with E-state index in [4.69, 9.17) is 0 Å². The van der Waals surface area contributed by atoms with Gasteiger partial charge in [-0.1, -0.05) is 0 Å². The van der Waals surface area contributed by atoms with Crippen LogP contribution >= 0.6 is 0 Å². The molecule has 2 unspecified atom stereocenters. The number of fused-ring (bicyclic) bond motifs is 1. The maximum Gasteiger partial charge on any atom is 0.315 e. The Morgan fingerprint density at radius 3 is 2.89 bits per heavy atom. The molecule has 0 bridgehead atoms. The molecule has 19 heavy (non-hydrogen) atoms. The number of amides is 2. The number of carbonyl (C=O) groups excluding carboxylic acids is 1. The summed E-state index contributed by atoms with van der Waals surface area (Å²) in [6, 6.07) is -0.150. The molecule has 2 aliphatic rings. The van der Waals surface area contributed by atoms with E-state index in [0.717, 1.165) is 6.42 Å². The second kappa shape index (κ2) is 5.28. The Morgan fingerprint density at radius 2 is 2.21 bits per heavy atom. The second-order valence-corrected chi connectivity index (χ2v) is 8.24. The van der Waals surface area contributed by atoms with Crippen LogP contribution in [0.3, 0.4) is 0 Å². The average Bonchev–Trinajstić information content (AvgIpc) is 2.71. The van der Waals surface area contributed by atoms with E-state index in [2.05, 4.69) is 16.0 Å². The highest BCUT2D eigenvalue weighted by molar-refractivity contribution is 7.92. The van der Waals surface area contributed by atoms with Crippen molar-refractivity contribution in [3.63, 3.8) is 0 Å². The van der Waals surface area contributed by atoms with Crippen LogP contribution in [0.2, 0.25) is 0 Å². The number of carbonyl (C=O) groups is 1. The molecule has 2 saturated heterocycles. The zero-order valence-corrected chi connectivity index (χ0v) is 12.3. The van der Waals surface area contributed by atoms with Gasteiger partial charge in [0.1, 0.15) is 0 Å². The highest BCUT2D eigenvalue weighted by Crippen LogP contribution is 2.39. The van der Waals surface area contributed by atoms with Crippen molar-refractivity contribution in [2.45, 2.75) is 38.0 Å². The minimum Gasteiger partial charge on any atom is -0.338 e. The molecule has 0 saturated carbocycles. The van der Waals surface area contributed by atoms with Gasteiger partial charge in [-0.2, -0.15) is 0 Å². The first-order valence-corrected chi connectivity index (χ1v) is 8.54. The number of hydrogen-bond donors (Lipinski definition) is 3. The molecule has 0 aliphatic carbocycles. The molecule has 2 amide bonds. The third-order valence-corrected chi connectivity index (χ3v) is 6.44. The molecule has 0 radical (unpaired) electrons. The fourth-order valence-electron chi connectivity index (χ4n) is 3.14. The van der Waals surface area contributed by atoms with Gasteiger partial charge in [0.05, 0.1) is 11.0 Å². The quantitative estimate of drug-likeness (QED) is 0.675. The van der Waals surface area contributed by atoms with Crippen molar-refractivity contribution in [1.29, 1.82) is 0 Å². The van der Waals surface area contributed by atoms with Gasteiger partial charge in [-0.3, -0.25) is 0 Å². The molecule has 2 fully saturated rings. The number of nitrogens with one attached hydrogen (secondary N) is 3. The second-order valence-electron chi connectivity index (χ2n) is 5.93. The molecule has 3 N–H and O–H groups in total. The molecule has 2 aliphatic heterocycles. The molecule has 2 rings (SSSR count). The van der Waals surface area contributed by atoms with E-state index < -0.39 is 9.84 Å². The van der Waals surface area contributed by atoms with Crippen molar-refractivity contribution < 1.29 is 13.2 Å². The van der Waals surface area contributed by atoms with Crippen LogP contribution in [0.4, 0.5) is 4.79 Å². The third kappa shape index (κ3) is 3.02. The maximum absolute atomic E-state index is 12.1. The van der Waals surface area contributed by atoms with Crippen molar-refractivity contribution in [3.05, 3.63) is 0 Å². The van der Waals surface area contributed by atoms with Crippen LogP contribution in [0.1, 0.15) is 26.7 Å². The van der Waals surface area contributed by atoms with Gasteiger partial charge in [0.25, 0.3) is 0 Å². The molecule has 2 atom stereocenters. The molecule has 6 nitrogen and oxygen atoms in total. The van der Waals surface area contributed by atoms with E-state index in [0.29, 0.717) is 26.1 Å². The summed E-state index contributed by atoms with van der Waals surface area (Å²) in [5, 5.41) is 8.41. The molecule has 0 aromatic rings. The number of hydrogen-bond acceptors (Lipinski definition) is 4. The van der Waals surface area contributed by atoms with Crippen LogP contribution in [0.25, 0.3) is 0 Å². The first-order chi connectivity index (χ1) is 8.86. The molecular weight excluding hydrogens is 266 g/mol. The van der Waals surface area contributed by atoms with Crippen LogP contribution < -0.4 is 16.0 Å². The van der Waals surface area contributed by atoms with Gasteiger partial charge in [0.2, 0.25) is 0 Å². The Hall–Kier alpha value is -0.820. The molecule has 0 aromatic heterocycles. The van der Waals surface area contributed by atoms with Crippen LogP contribution in [0.15, 0.2) is 0 Å². The van der Waals surface area contributed by atoms with E-state index in [-0.39, 0.29) is 28.5 Å². The zero-order chi connectivity index (χ0) is 14.1. The van der Waals surface area contributed by atoms with Crippen LogP contribution in [0, 0.1) is 5.41 Å². The van der Waals surface area contributed by atoms with Crippen molar-refractivity contribution in [3.8, 4) is 0 Å². The molecule has 110 valence electrons. The lowest BCUT2D eigenvalue weighted by Crippen LogP contribution is -2.53. The first-order valence-electron chi connectivity index (χ1n) is 6.82. The standard InChI is InChI=1S/C12H23N3O3S/c1-9(2)15-11(16)14-8-12-4-3-5-19(17,18)10(12)6-13-7-12/h9-10,13H,3-8H2,1-2H3,(H2,14,15,16). The summed E-state index contributed by atoms with van der Waals surface area (Å²) in [5.74, 6) is 0.277. The van der Waals surface area contributed by atoms with Gasteiger partial charge < -0.3 is 16.0 Å². The van der Waals surface area contributed by atoms with Gasteiger partial charge in [-0.25, -0.2) is 13.2 Å². The molecule has 0 aromatic carbocycles. The van der Waals surface area contributed by atoms with Crippen molar-refractivity contribution in [2.75, 3.05) is 25.4 Å². The lowest BCUT2D eigenvalue weighted by Gasteiger charge is -2.38. The van der Waals surface area contributed by atoms with Gasteiger partial charge in [-0.05, 0) is 26.7 Å². The van der Waals surface area contributed by atoms with E-state index >= 15 is 0 Å². The maximum atomic E-state index is 12.1. The minimum atomic E-state index is -3.02. The van der Waals surface area contributed by atoms with E-state index in [1.807, 2.05) is 13.8 Å². The Morgan fingerprint density at radius 1 is 1.47 bits per heavy atom. The minimum absolute atomic E-state index is 0.0742. The van der Waals surface area contributed by atoms with Crippen LogP contribution in [-0.4, -0.2) is 51.1 Å². The Labute approximate surface area is 114 Å². The highest BCUT2D eigenvalue weighted by atomic mass is 32.2. The molecule has 7 heteroatoms. The predicted octanol–water partition coefficient (Wildman–Crippen LogP) is -0.139. The van der Waals surface area contributed by atoms with Crippen LogP contribution in [0.5, 0.6) is 0 Å². The van der Waals surface area contributed by atoms with Gasteiger partial charge in [0.15, 0.2) is 9.84 Å². The largest absolute Gasteiger partial charge is 0.338 e. The Bertz CT molecular complexity index is 449. The zero-order valence-electron chi connectivity index (χ0n) is 11.5. The fourth-order valence-corrected chi connectivity index (χ4v) is 5.39. The number of rotatable bonds is 3. The SMILES string of the molecule is CC(C)NC(=O)NCC12CCCS(=O)(=O)C1CNC2. The van der Waals surface area contributed by atoms with E-state index in [1.54, 1.807) is 0 Å². The lowest BCUT2D eigenvalue weighted by molar-refractivity contribution is 0.223. The van der Waals surface area contributed by atoms with Gasteiger partial charge in [0, 0.05) is 31.1 Å². The van der Waals surface area contributed by atoms with Gasteiger partial charge in [-0.15, -0.1) is 0 Å². The average molecular weight is 289 g/mol. The van der Waals surface area contributed by atoms with Crippen LogP contribution in [-0.2, 0) is 9.84 Å². The third-order valence-electron chi connectivity index (χ3n) is 4.05. The topological polar surface area (TPSA) is 87.3 Å². The van der Waals surface area contributed by atoms with E-state index in [1.165, 1.54) is 0 Å². The summed E-state index contributed by atoms with van der Waals surface area (Å²) in [6.45, 7) is 5.38.